The average Bonchev–Trinajstić information content (AvgIpc) is 3.17. The first-order valence-electron chi connectivity index (χ1n) is 7.62. The molecule has 1 heterocycles. The maximum Gasteiger partial charge on any atom is 0.220 e. The topological polar surface area (TPSA) is 46.9 Å². The normalized spacial score (nSPS) is 15.7. The number of aromatic nitrogens is 2. The molecule has 1 aliphatic rings. The van der Waals surface area contributed by atoms with Gasteiger partial charge in [-0.25, -0.2) is 4.68 Å². The van der Waals surface area contributed by atoms with Crippen molar-refractivity contribution in [1.29, 1.82) is 0 Å². The number of carbonyl (C=O) groups excluding carboxylic acids is 1. The second-order valence-electron chi connectivity index (χ2n) is 5.82. The molecule has 2 aromatic rings. The molecule has 1 aliphatic carbocycles. The number of rotatable bonds is 6. The number of amides is 1. The van der Waals surface area contributed by atoms with Gasteiger partial charge in [0, 0.05) is 18.8 Å². The molecule has 1 atom stereocenters. The summed E-state index contributed by atoms with van der Waals surface area (Å²) in [6.45, 7) is 2.03. The summed E-state index contributed by atoms with van der Waals surface area (Å²) in [7, 11) is 0. The molecule has 1 unspecified atom stereocenters. The highest BCUT2D eigenvalue weighted by atomic mass is 16.1. The van der Waals surface area contributed by atoms with Gasteiger partial charge in [0.1, 0.15) is 0 Å². The van der Waals surface area contributed by atoms with Gasteiger partial charge in [-0.1, -0.05) is 25.0 Å². The van der Waals surface area contributed by atoms with E-state index in [4.69, 9.17) is 0 Å². The summed E-state index contributed by atoms with van der Waals surface area (Å²) < 4.78 is 1.82. The van der Waals surface area contributed by atoms with Crippen molar-refractivity contribution >= 4 is 5.91 Å². The Morgan fingerprint density at radius 2 is 2.29 bits per heavy atom. The van der Waals surface area contributed by atoms with Gasteiger partial charge in [0.05, 0.1) is 11.7 Å². The molecule has 1 N–H and O–H groups in total. The molecule has 0 saturated heterocycles. The van der Waals surface area contributed by atoms with Crippen molar-refractivity contribution in [2.24, 2.45) is 5.92 Å². The van der Waals surface area contributed by atoms with Crippen LogP contribution < -0.4 is 5.32 Å². The van der Waals surface area contributed by atoms with Gasteiger partial charge in [0.15, 0.2) is 0 Å². The third kappa shape index (κ3) is 3.72. The first-order chi connectivity index (χ1) is 10.2. The Balaban J connectivity index is 1.62. The largest absolute Gasteiger partial charge is 0.350 e. The van der Waals surface area contributed by atoms with E-state index < -0.39 is 0 Å². The molecule has 1 aromatic carbocycles. The Kier molecular flexibility index (Phi) is 4.04. The van der Waals surface area contributed by atoms with Crippen LogP contribution in [0.5, 0.6) is 0 Å². The van der Waals surface area contributed by atoms with Crippen LogP contribution in [0.2, 0.25) is 0 Å². The minimum Gasteiger partial charge on any atom is -0.350 e. The molecule has 0 bridgehead atoms. The van der Waals surface area contributed by atoms with E-state index in [9.17, 15) is 4.79 Å². The quantitative estimate of drug-likeness (QED) is 0.884. The van der Waals surface area contributed by atoms with Crippen LogP contribution in [0.4, 0.5) is 0 Å². The van der Waals surface area contributed by atoms with Crippen LogP contribution in [0, 0.1) is 5.92 Å². The predicted octanol–water partition coefficient (Wildman–Crippen LogP) is 3.24. The predicted molar refractivity (Wildman–Crippen MR) is 82.1 cm³/mol. The van der Waals surface area contributed by atoms with Crippen LogP contribution in [0.15, 0.2) is 42.7 Å². The number of nitrogens with zero attached hydrogens (tertiary/aromatic N) is 2. The molecule has 0 radical (unpaired) electrons. The van der Waals surface area contributed by atoms with Gasteiger partial charge >= 0.3 is 0 Å². The lowest BCUT2D eigenvalue weighted by Crippen LogP contribution is -2.26. The summed E-state index contributed by atoms with van der Waals surface area (Å²) in [5.41, 5.74) is 2.11. The van der Waals surface area contributed by atoms with Crippen molar-refractivity contribution < 1.29 is 4.79 Å². The summed E-state index contributed by atoms with van der Waals surface area (Å²) in [6, 6.07) is 10.0. The van der Waals surface area contributed by atoms with Crippen molar-refractivity contribution in [3.8, 4) is 5.69 Å². The Labute approximate surface area is 125 Å². The molecule has 110 valence electrons. The summed E-state index contributed by atoms with van der Waals surface area (Å²) in [6.07, 6.45) is 7.96. The van der Waals surface area contributed by atoms with E-state index >= 15 is 0 Å². The van der Waals surface area contributed by atoms with Gasteiger partial charge in [-0.05, 0) is 43.0 Å². The molecule has 3 rings (SSSR count). The molecule has 4 nitrogen and oxygen atoms in total. The van der Waals surface area contributed by atoms with Gasteiger partial charge in [0.25, 0.3) is 0 Å². The lowest BCUT2D eigenvalue weighted by atomic mass is 10.1. The van der Waals surface area contributed by atoms with E-state index in [0.29, 0.717) is 6.42 Å². The number of benzene rings is 1. The molecule has 1 aromatic heterocycles. The fraction of sp³-hybridized carbons (Fsp3) is 0.412. The number of carbonyl (C=O) groups is 1. The maximum absolute atomic E-state index is 11.9. The first-order valence-corrected chi connectivity index (χ1v) is 7.62. The van der Waals surface area contributed by atoms with Gasteiger partial charge < -0.3 is 5.32 Å². The van der Waals surface area contributed by atoms with Gasteiger partial charge in [-0.15, -0.1) is 0 Å². The van der Waals surface area contributed by atoms with E-state index in [-0.39, 0.29) is 11.9 Å². The summed E-state index contributed by atoms with van der Waals surface area (Å²) >= 11 is 0. The van der Waals surface area contributed by atoms with E-state index in [1.807, 2.05) is 42.1 Å². The molecular formula is C17H21N3O. The fourth-order valence-corrected chi connectivity index (χ4v) is 2.50. The Morgan fingerprint density at radius 1 is 1.43 bits per heavy atom. The Morgan fingerprint density at radius 3 is 3.00 bits per heavy atom. The molecule has 21 heavy (non-hydrogen) atoms. The third-order valence-electron chi connectivity index (χ3n) is 3.99. The SMILES string of the molecule is CC(NC(=O)CCC1CC1)c1cccc(-n2cccn2)c1. The van der Waals surface area contributed by atoms with Crippen LogP contribution in [0.3, 0.4) is 0 Å². The summed E-state index contributed by atoms with van der Waals surface area (Å²) in [5.74, 6) is 0.952. The van der Waals surface area contributed by atoms with Crippen molar-refractivity contribution in [2.45, 2.75) is 38.6 Å². The standard InChI is InChI=1S/C17H21N3O/c1-13(19-17(21)9-8-14-6-7-14)15-4-2-5-16(12-15)20-11-3-10-18-20/h2-5,10-14H,6-9H2,1H3,(H,19,21). The molecule has 1 fully saturated rings. The number of nitrogens with one attached hydrogen (secondary N) is 1. The van der Waals surface area contributed by atoms with E-state index in [2.05, 4.69) is 16.5 Å². The van der Waals surface area contributed by atoms with Gasteiger partial charge in [-0.2, -0.15) is 5.10 Å². The Bertz CT molecular complexity index is 602. The lowest BCUT2D eigenvalue weighted by Gasteiger charge is -2.15. The fourth-order valence-electron chi connectivity index (χ4n) is 2.50. The summed E-state index contributed by atoms with van der Waals surface area (Å²) in [4.78, 5) is 11.9. The lowest BCUT2D eigenvalue weighted by molar-refractivity contribution is -0.121. The second kappa shape index (κ2) is 6.12. The third-order valence-corrected chi connectivity index (χ3v) is 3.99. The molecule has 0 spiro atoms. The van der Waals surface area contributed by atoms with Crippen LogP contribution in [0.25, 0.3) is 5.69 Å². The van der Waals surface area contributed by atoms with E-state index in [1.165, 1.54) is 12.8 Å². The highest BCUT2D eigenvalue weighted by molar-refractivity contribution is 5.76. The van der Waals surface area contributed by atoms with Crippen molar-refractivity contribution in [2.75, 3.05) is 0 Å². The molecule has 0 aliphatic heterocycles. The average molecular weight is 283 g/mol. The minimum absolute atomic E-state index is 0.0206. The zero-order valence-electron chi connectivity index (χ0n) is 12.3. The van der Waals surface area contributed by atoms with Crippen LogP contribution in [-0.4, -0.2) is 15.7 Å². The van der Waals surface area contributed by atoms with Crippen molar-refractivity contribution in [1.82, 2.24) is 15.1 Å². The van der Waals surface area contributed by atoms with Crippen LogP contribution >= 0.6 is 0 Å². The molecule has 1 amide bonds. The monoisotopic (exact) mass is 283 g/mol. The Hall–Kier alpha value is -2.10. The number of hydrogen-bond donors (Lipinski definition) is 1. The van der Waals surface area contributed by atoms with E-state index in [0.717, 1.165) is 23.6 Å². The highest BCUT2D eigenvalue weighted by Gasteiger charge is 2.22. The van der Waals surface area contributed by atoms with E-state index in [1.54, 1.807) is 6.20 Å². The molecular weight excluding hydrogens is 262 g/mol. The zero-order valence-corrected chi connectivity index (χ0v) is 12.3. The van der Waals surface area contributed by atoms with Crippen molar-refractivity contribution in [3.63, 3.8) is 0 Å². The van der Waals surface area contributed by atoms with Crippen molar-refractivity contribution in [3.05, 3.63) is 48.3 Å². The summed E-state index contributed by atoms with van der Waals surface area (Å²) in [5, 5.41) is 7.32. The highest BCUT2D eigenvalue weighted by Crippen LogP contribution is 2.33. The number of hydrogen-bond acceptors (Lipinski definition) is 2. The van der Waals surface area contributed by atoms with Crippen LogP contribution in [0.1, 0.15) is 44.2 Å². The minimum atomic E-state index is 0.0206. The van der Waals surface area contributed by atoms with Gasteiger partial charge in [-0.3, -0.25) is 4.79 Å². The van der Waals surface area contributed by atoms with Gasteiger partial charge in [0.2, 0.25) is 5.91 Å². The van der Waals surface area contributed by atoms with Crippen LogP contribution in [-0.2, 0) is 4.79 Å². The second-order valence-corrected chi connectivity index (χ2v) is 5.82. The zero-order chi connectivity index (χ0) is 14.7. The first kappa shape index (κ1) is 13.9. The molecule has 4 heteroatoms. The smallest absolute Gasteiger partial charge is 0.220 e. The maximum atomic E-state index is 11.9. The molecule has 1 saturated carbocycles.